The van der Waals surface area contributed by atoms with Crippen LogP contribution in [0.25, 0.3) is 0 Å². The van der Waals surface area contributed by atoms with E-state index in [1.807, 2.05) is 20.9 Å². The van der Waals surface area contributed by atoms with Crippen LogP contribution in [0.15, 0.2) is 0 Å². The molecule has 0 saturated heterocycles. The number of rotatable bonds is 7. The third-order valence-electron chi connectivity index (χ3n) is 2.20. The van der Waals surface area contributed by atoms with Gasteiger partial charge in [-0.15, -0.1) is 0 Å². The van der Waals surface area contributed by atoms with Crippen LogP contribution in [0.1, 0.15) is 33.1 Å². The van der Waals surface area contributed by atoms with E-state index < -0.39 is 0 Å². The topological polar surface area (TPSA) is 44.1 Å². The molecule has 0 bridgehead atoms. The molecular weight excluding hydrogens is 176 g/mol. The zero-order valence-electron chi connectivity index (χ0n) is 9.42. The maximum atomic E-state index is 11.0. The van der Waals surface area contributed by atoms with Gasteiger partial charge in [0.15, 0.2) is 0 Å². The summed E-state index contributed by atoms with van der Waals surface area (Å²) in [5.74, 6) is 0.397. The highest BCUT2D eigenvalue weighted by Gasteiger charge is 2.05. The number of hydrogen-bond acceptors (Lipinski definition) is 3. The van der Waals surface area contributed by atoms with Crippen LogP contribution in [-0.4, -0.2) is 30.8 Å². The average molecular weight is 196 g/mol. The molecular formula is C11H20N2O. The summed E-state index contributed by atoms with van der Waals surface area (Å²) in [5.41, 5.74) is 0. The summed E-state index contributed by atoms with van der Waals surface area (Å²) in [6, 6.07) is 2.20. The van der Waals surface area contributed by atoms with Crippen molar-refractivity contribution in [1.82, 2.24) is 4.90 Å². The molecule has 3 nitrogen and oxygen atoms in total. The van der Waals surface area contributed by atoms with Gasteiger partial charge in [0.05, 0.1) is 12.0 Å². The molecule has 0 spiro atoms. The predicted octanol–water partition coefficient (Wildman–Crippen LogP) is 1.84. The lowest BCUT2D eigenvalue weighted by atomic mass is 10.1. The zero-order valence-corrected chi connectivity index (χ0v) is 9.42. The molecule has 80 valence electrons. The Morgan fingerprint density at radius 3 is 2.71 bits per heavy atom. The van der Waals surface area contributed by atoms with E-state index in [0.717, 1.165) is 19.5 Å². The van der Waals surface area contributed by atoms with Crippen LogP contribution in [0.5, 0.6) is 0 Å². The summed E-state index contributed by atoms with van der Waals surface area (Å²) in [4.78, 5) is 13.1. The summed E-state index contributed by atoms with van der Waals surface area (Å²) >= 11 is 0. The monoisotopic (exact) mass is 196 g/mol. The average Bonchev–Trinajstić information content (AvgIpc) is 2.17. The predicted molar refractivity (Wildman–Crippen MR) is 56.8 cm³/mol. The number of ketones is 1. The number of carbonyl (C=O) groups is 1. The minimum absolute atomic E-state index is 0.0712. The second-order valence-electron chi connectivity index (χ2n) is 3.79. The van der Waals surface area contributed by atoms with Gasteiger partial charge in [0, 0.05) is 19.4 Å². The van der Waals surface area contributed by atoms with Gasteiger partial charge in [0.2, 0.25) is 0 Å². The van der Waals surface area contributed by atoms with E-state index in [4.69, 9.17) is 5.26 Å². The van der Waals surface area contributed by atoms with Crippen LogP contribution >= 0.6 is 0 Å². The van der Waals surface area contributed by atoms with Gasteiger partial charge in [-0.05, 0) is 26.9 Å². The van der Waals surface area contributed by atoms with Crippen molar-refractivity contribution in [3.8, 4) is 6.07 Å². The number of carbonyl (C=O) groups excluding carboxylic acids is 1. The van der Waals surface area contributed by atoms with Crippen molar-refractivity contribution in [1.29, 1.82) is 5.26 Å². The summed E-state index contributed by atoms with van der Waals surface area (Å²) in [5, 5.41) is 8.60. The van der Waals surface area contributed by atoms with E-state index >= 15 is 0 Å². The van der Waals surface area contributed by atoms with Crippen molar-refractivity contribution in [2.45, 2.75) is 33.1 Å². The Labute approximate surface area is 86.7 Å². The zero-order chi connectivity index (χ0) is 11.0. The molecule has 3 heteroatoms. The SMILES string of the molecule is CCC(=O)CCCN(C)CC(C)C#N. The number of nitriles is 1. The van der Waals surface area contributed by atoms with Gasteiger partial charge in [-0.2, -0.15) is 5.26 Å². The molecule has 0 aliphatic heterocycles. The van der Waals surface area contributed by atoms with E-state index in [-0.39, 0.29) is 5.92 Å². The molecule has 1 atom stereocenters. The standard InChI is InChI=1S/C11H20N2O/c1-4-11(14)6-5-7-13(3)9-10(2)8-12/h10H,4-7,9H2,1-3H3. The minimum atomic E-state index is 0.0712. The van der Waals surface area contributed by atoms with Crippen LogP contribution in [0.4, 0.5) is 0 Å². The molecule has 14 heavy (non-hydrogen) atoms. The van der Waals surface area contributed by atoms with Gasteiger partial charge in [0.1, 0.15) is 5.78 Å². The first-order valence-corrected chi connectivity index (χ1v) is 5.20. The van der Waals surface area contributed by atoms with E-state index in [2.05, 4.69) is 11.0 Å². The first-order valence-electron chi connectivity index (χ1n) is 5.20. The molecule has 0 saturated carbocycles. The lowest BCUT2D eigenvalue weighted by Gasteiger charge is -2.16. The Morgan fingerprint density at radius 2 is 2.21 bits per heavy atom. The largest absolute Gasteiger partial charge is 0.305 e. The molecule has 0 heterocycles. The van der Waals surface area contributed by atoms with Crippen molar-refractivity contribution in [3.63, 3.8) is 0 Å². The van der Waals surface area contributed by atoms with Gasteiger partial charge in [-0.1, -0.05) is 6.92 Å². The van der Waals surface area contributed by atoms with Crippen molar-refractivity contribution >= 4 is 5.78 Å². The van der Waals surface area contributed by atoms with Crippen LogP contribution in [0.2, 0.25) is 0 Å². The quantitative estimate of drug-likeness (QED) is 0.624. The van der Waals surface area contributed by atoms with E-state index in [0.29, 0.717) is 18.6 Å². The third kappa shape index (κ3) is 6.62. The second kappa shape index (κ2) is 7.52. The Hall–Kier alpha value is -0.880. The number of hydrogen-bond donors (Lipinski definition) is 0. The van der Waals surface area contributed by atoms with Gasteiger partial charge in [-0.3, -0.25) is 4.79 Å². The Kier molecular flexibility index (Phi) is 7.04. The van der Waals surface area contributed by atoms with Crippen LogP contribution in [-0.2, 0) is 4.79 Å². The molecule has 0 aliphatic carbocycles. The van der Waals surface area contributed by atoms with Crippen LogP contribution in [0.3, 0.4) is 0 Å². The maximum Gasteiger partial charge on any atom is 0.132 e. The van der Waals surface area contributed by atoms with Crippen molar-refractivity contribution < 1.29 is 4.79 Å². The van der Waals surface area contributed by atoms with Crippen LogP contribution < -0.4 is 0 Å². The lowest BCUT2D eigenvalue weighted by molar-refractivity contribution is -0.118. The summed E-state index contributed by atoms with van der Waals surface area (Å²) < 4.78 is 0. The fourth-order valence-electron chi connectivity index (χ4n) is 1.32. The molecule has 0 aromatic heterocycles. The van der Waals surface area contributed by atoms with E-state index in [1.165, 1.54) is 0 Å². The molecule has 0 aromatic rings. The summed E-state index contributed by atoms with van der Waals surface area (Å²) in [6.45, 7) is 5.49. The first-order chi connectivity index (χ1) is 6.60. The molecule has 0 aromatic carbocycles. The molecule has 0 N–H and O–H groups in total. The highest BCUT2D eigenvalue weighted by molar-refractivity contribution is 5.77. The van der Waals surface area contributed by atoms with Gasteiger partial charge < -0.3 is 4.90 Å². The molecule has 0 rings (SSSR count). The highest BCUT2D eigenvalue weighted by atomic mass is 16.1. The molecule has 0 aliphatic rings. The van der Waals surface area contributed by atoms with E-state index in [9.17, 15) is 4.79 Å². The molecule has 0 fully saturated rings. The smallest absolute Gasteiger partial charge is 0.132 e. The fourth-order valence-corrected chi connectivity index (χ4v) is 1.32. The maximum absolute atomic E-state index is 11.0. The Morgan fingerprint density at radius 1 is 1.57 bits per heavy atom. The normalized spacial score (nSPS) is 12.5. The Balaban J connectivity index is 3.50. The van der Waals surface area contributed by atoms with Gasteiger partial charge in [-0.25, -0.2) is 0 Å². The van der Waals surface area contributed by atoms with Gasteiger partial charge >= 0.3 is 0 Å². The van der Waals surface area contributed by atoms with Crippen LogP contribution in [0, 0.1) is 17.2 Å². The van der Waals surface area contributed by atoms with Crippen molar-refractivity contribution in [2.24, 2.45) is 5.92 Å². The highest BCUT2D eigenvalue weighted by Crippen LogP contribution is 2.00. The summed E-state index contributed by atoms with van der Waals surface area (Å²) in [6.07, 6.45) is 2.21. The Bertz CT molecular complexity index is 208. The number of nitrogens with zero attached hydrogens (tertiary/aromatic N) is 2. The van der Waals surface area contributed by atoms with Crippen molar-refractivity contribution in [2.75, 3.05) is 20.1 Å². The third-order valence-corrected chi connectivity index (χ3v) is 2.20. The lowest BCUT2D eigenvalue weighted by Crippen LogP contribution is -2.25. The van der Waals surface area contributed by atoms with Crippen molar-refractivity contribution in [3.05, 3.63) is 0 Å². The second-order valence-corrected chi connectivity index (χ2v) is 3.79. The molecule has 0 radical (unpaired) electrons. The summed E-state index contributed by atoms with van der Waals surface area (Å²) in [7, 11) is 1.99. The minimum Gasteiger partial charge on any atom is -0.305 e. The first kappa shape index (κ1) is 13.1. The fraction of sp³-hybridized carbons (Fsp3) is 0.818. The molecule has 1 unspecified atom stereocenters. The van der Waals surface area contributed by atoms with E-state index in [1.54, 1.807) is 0 Å². The molecule has 0 amide bonds. The van der Waals surface area contributed by atoms with Gasteiger partial charge in [0.25, 0.3) is 0 Å². The number of Topliss-reactive ketones (excluding diaryl/α,β-unsaturated/α-hetero) is 1.